The van der Waals surface area contributed by atoms with Gasteiger partial charge in [0.2, 0.25) is 10.0 Å². The maximum atomic E-state index is 12.5. The minimum absolute atomic E-state index is 0.0123. The van der Waals surface area contributed by atoms with Gasteiger partial charge < -0.3 is 5.43 Å². The van der Waals surface area contributed by atoms with Gasteiger partial charge in [0, 0.05) is 11.1 Å². The lowest BCUT2D eigenvalue weighted by Crippen LogP contribution is -2.28. The average molecular weight is 327 g/mol. The highest BCUT2D eigenvalue weighted by atomic mass is 32.2. The molecule has 2 heterocycles. The van der Waals surface area contributed by atoms with E-state index in [1.165, 1.54) is 23.6 Å². The van der Waals surface area contributed by atoms with Crippen molar-refractivity contribution >= 4 is 27.2 Å². The predicted octanol–water partition coefficient (Wildman–Crippen LogP) is 1.48. The molecule has 0 bridgehead atoms. The van der Waals surface area contributed by atoms with Crippen LogP contribution in [0.15, 0.2) is 23.2 Å². The summed E-state index contributed by atoms with van der Waals surface area (Å²) in [5.41, 5.74) is 3.12. The van der Waals surface area contributed by atoms with Crippen LogP contribution in [0.2, 0.25) is 0 Å². The second-order valence-corrected chi connectivity index (χ2v) is 7.44. The van der Waals surface area contributed by atoms with E-state index >= 15 is 0 Å². The molecule has 0 radical (unpaired) electrons. The van der Waals surface area contributed by atoms with Crippen LogP contribution in [0.4, 0.5) is 5.82 Å². The number of nitrogens with two attached hydrogens (primary N) is 1. The number of aryl methyl sites for hydroxylation is 2. The lowest BCUT2D eigenvalue weighted by Gasteiger charge is -2.15. The van der Waals surface area contributed by atoms with Crippen molar-refractivity contribution in [1.29, 1.82) is 0 Å². The number of hydrazine groups is 1. The first-order chi connectivity index (χ1) is 9.85. The van der Waals surface area contributed by atoms with E-state index in [1.807, 2.05) is 13.8 Å². The second kappa shape index (κ2) is 6.06. The van der Waals surface area contributed by atoms with E-state index in [0.29, 0.717) is 0 Å². The zero-order valence-corrected chi connectivity index (χ0v) is 13.5. The van der Waals surface area contributed by atoms with Crippen LogP contribution < -0.4 is 16.0 Å². The molecule has 0 aromatic carbocycles. The smallest absolute Gasteiger partial charge is 0.244 e. The number of hydrogen-bond donors (Lipinski definition) is 3. The molecule has 7 nitrogen and oxygen atoms in total. The summed E-state index contributed by atoms with van der Waals surface area (Å²) in [5.74, 6) is 5.41. The van der Waals surface area contributed by atoms with Crippen LogP contribution in [0.3, 0.4) is 0 Å². The van der Waals surface area contributed by atoms with Gasteiger partial charge >= 0.3 is 0 Å². The van der Waals surface area contributed by atoms with Crippen molar-refractivity contribution in [2.24, 2.45) is 5.84 Å². The van der Waals surface area contributed by atoms with E-state index in [1.54, 1.807) is 13.0 Å². The number of nitrogens with one attached hydrogen (secondary N) is 2. The monoisotopic (exact) mass is 327 g/mol. The van der Waals surface area contributed by atoms with Gasteiger partial charge in [-0.1, -0.05) is 0 Å². The number of pyridine rings is 1. The van der Waals surface area contributed by atoms with Crippen LogP contribution in [0, 0.1) is 13.8 Å². The fraction of sp³-hybridized carbons (Fsp3) is 0.333. The highest BCUT2D eigenvalue weighted by molar-refractivity contribution is 7.89. The molecule has 0 fully saturated rings. The van der Waals surface area contributed by atoms with Crippen LogP contribution in [-0.2, 0) is 10.0 Å². The molecule has 0 aliphatic rings. The third kappa shape index (κ3) is 3.38. The maximum absolute atomic E-state index is 12.5. The minimum Gasteiger partial charge on any atom is -0.307 e. The number of sulfonamides is 1. The summed E-state index contributed by atoms with van der Waals surface area (Å²) in [6.45, 7) is 5.53. The summed E-state index contributed by atoms with van der Waals surface area (Å²) >= 11 is 1.47. The van der Waals surface area contributed by atoms with Crippen LogP contribution in [0.5, 0.6) is 0 Å². The van der Waals surface area contributed by atoms with Crippen molar-refractivity contribution in [2.75, 3.05) is 5.43 Å². The molecule has 21 heavy (non-hydrogen) atoms. The maximum Gasteiger partial charge on any atom is 0.244 e. The van der Waals surface area contributed by atoms with Crippen molar-refractivity contribution in [3.63, 3.8) is 0 Å². The summed E-state index contributed by atoms with van der Waals surface area (Å²) in [6, 6.07) is 2.61. The number of nitrogens with zero attached hydrogens (tertiary/aromatic N) is 2. The molecule has 114 valence electrons. The number of hydrogen-bond acceptors (Lipinski definition) is 7. The third-order valence-corrected chi connectivity index (χ3v) is 5.69. The normalized spacial score (nSPS) is 13.1. The van der Waals surface area contributed by atoms with Crippen LogP contribution in [0.25, 0.3) is 0 Å². The zero-order valence-electron chi connectivity index (χ0n) is 11.9. The Morgan fingerprint density at radius 2 is 2.10 bits per heavy atom. The van der Waals surface area contributed by atoms with E-state index in [9.17, 15) is 8.42 Å². The molecule has 4 N–H and O–H groups in total. The van der Waals surface area contributed by atoms with E-state index in [4.69, 9.17) is 5.84 Å². The lowest BCUT2D eigenvalue weighted by molar-refractivity contribution is 0.568. The molecule has 9 heteroatoms. The van der Waals surface area contributed by atoms with Crippen molar-refractivity contribution < 1.29 is 8.42 Å². The Hall–Kier alpha value is -1.55. The number of aromatic nitrogens is 2. The quantitative estimate of drug-likeness (QED) is 0.567. The van der Waals surface area contributed by atoms with Gasteiger partial charge in [0.25, 0.3) is 0 Å². The Morgan fingerprint density at radius 3 is 2.67 bits per heavy atom. The number of thiazole rings is 1. The largest absolute Gasteiger partial charge is 0.307 e. The van der Waals surface area contributed by atoms with Crippen LogP contribution in [-0.4, -0.2) is 18.4 Å². The number of nitrogen functional groups attached to an aromatic ring is 1. The Kier molecular flexibility index (Phi) is 4.57. The molecule has 1 atom stereocenters. The molecule has 0 saturated carbocycles. The van der Waals surface area contributed by atoms with Gasteiger partial charge in [-0.2, -0.15) is 0 Å². The fourth-order valence-electron chi connectivity index (χ4n) is 2.01. The van der Waals surface area contributed by atoms with Gasteiger partial charge in [0.05, 0.1) is 16.7 Å². The van der Waals surface area contributed by atoms with E-state index in [0.717, 1.165) is 15.6 Å². The molecule has 2 rings (SSSR count). The lowest BCUT2D eigenvalue weighted by atomic mass is 10.2. The first-order valence-corrected chi connectivity index (χ1v) is 8.53. The van der Waals surface area contributed by atoms with E-state index < -0.39 is 10.0 Å². The van der Waals surface area contributed by atoms with Gasteiger partial charge in [0.15, 0.2) is 5.82 Å². The molecule has 0 spiro atoms. The fourth-order valence-corrected chi connectivity index (χ4v) is 4.35. The highest BCUT2D eigenvalue weighted by Crippen LogP contribution is 2.26. The molecule has 1 unspecified atom stereocenters. The second-order valence-electron chi connectivity index (χ2n) is 4.52. The van der Waals surface area contributed by atoms with Gasteiger partial charge in [-0.15, -0.1) is 11.3 Å². The highest BCUT2D eigenvalue weighted by Gasteiger charge is 2.24. The Balaban J connectivity index is 2.31. The third-order valence-electron chi connectivity index (χ3n) is 2.86. The molecule has 2 aromatic heterocycles. The minimum atomic E-state index is -3.73. The van der Waals surface area contributed by atoms with Crippen molar-refractivity contribution in [1.82, 2.24) is 14.7 Å². The summed E-state index contributed by atoms with van der Waals surface area (Å²) < 4.78 is 27.5. The Bertz CT molecular complexity index is 742. The Labute approximate surface area is 127 Å². The molecular weight excluding hydrogens is 310 g/mol. The first-order valence-electron chi connectivity index (χ1n) is 6.23. The zero-order chi connectivity index (χ0) is 15.6. The summed E-state index contributed by atoms with van der Waals surface area (Å²) in [5, 5.41) is 0.902. The summed E-state index contributed by atoms with van der Waals surface area (Å²) in [6.07, 6.45) is 1.47. The molecule has 0 aliphatic carbocycles. The van der Waals surface area contributed by atoms with Crippen LogP contribution in [0.1, 0.15) is 28.5 Å². The first kappa shape index (κ1) is 15.8. The van der Waals surface area contributed by atoms with Gasteiger partial charge in [-0.25, -0.2) is 29.0 Å². The SMILES string of the molecule is Cc1nc(C)c(C(C)NS(=O)(=O)c2cccnc2NN)s1. The summed E-state index contributed by atoms with van der Waals surface area (Å²) in [7, 11) is -3.73. The summed E-state index contributed by atoms with van der Waals surface area (Å²) in [4.78, 5) is 9.11. The van der Waals surface area contributed by atoms with E-state index in [-0.39, 0.29) is 16.8 Å². The van der Waals surface area contributed by atoms with Crippen LogP contribution >= 0.6 is 11.3 Å². The molecule has 2 aromatic rings. The molecule has 0 saturated heterocycles. The molecule has 0 aliphatic heterocycles. The number of anilines is 1. The molecular formula is C12H17N5O2S2. The predicted molar refractivity (Wildman–Crippen MR) is 82.4 cm³/mol. The molecule has 0 amide bonds. The topological polar surface area (TPSA) is 110 Å². The van der Waals surface area contributed by atoms with Gasteiger partial charge in [-0.05, 0) is 32.9 Å². The van der Waals surface area contributed by atoms with Gasteiger partial charge in [0.1, 0.15) is 4.90 Å². The van der Waals surface area contributed by atoms with Gasteiger partial charge in [-0.3, -0.25) is 0 Å². The van der Waals surface area contributed by atoms with Crippen molar-refractivity contribution in [3.05, 3.63) is 33.9 Å². The van der Waals surface area contributed by atoms with Crippen molar-refractivity contribution in [2.45, 2.75) is 31.7 Å². The standard InChI is InChI=1S/C12H17N5O2S2/c1-7-11(20-9(3)15-7)8(2)17-21(18,19)10-5-4-6-14-12(10)16-13/h4-6,8,17H,13H2,1-3H3,(H,14,16). The van der Waals surface area contributed by atoms with E-state index in [2.05, 4.69) is 20.1 Å². The van der Waals surface area contributed by atoms with Crippen molar-refractivity contribution in [3.8, 4) is 0 Å². The average Bonchev–Trinajstić information content (AvgIpc) is 2.77. The Morgan fingerprint density at radius 1 is 1.38 bits per heavy atom. The number of rotatable bonds is 5.